The number of benzene rings is 2. The molecule has 0 aliphatic carbocycles. The maximum Gasteiger partial charge on any atom is 0.359 e. The Morgan fingerprint density at radius 3 is 2.63 bits per heavy atom. The molecule has 0 spiro atoms. The van der Waals surface area contributed by atoms with Crippen molar-refractivity contribution in [3.63, 3.8) is 0 Å². The first kappa shape index (κ1) is 18.4. The second-order valence-electron chi connectivity index (χ2n) is 6.01. The van der Waals surface area contributed by atoms with Gasteiger partial charge in [-0.3, -0.25) is 4.79 Å². The Morgan fingerprint density at radius 1 is 1.04 bits per heavy atom. The van der Waals surface area contributed by atoms with E-state index in [1.807, 2.05) is 61.5 Å². The number of rotatable bonds is 7. The highest BCUT2D eigenvalue weighted by Gasteiger charge is 2.11. The number of carbonyl (C=O) groups is 1. The van der Waals surface area contributed by atoms with E-state index in [1.165, 1.54) is 16.8 Å². The van der Waals surface area contributed by atoms with Gasteiger partial charge in [-0.1, -0.05) is 48.0 Å². The van der Waals surface area contributed by atoms with Crippen molar-refractivity contribution in [3.05, 3.63) is 93.9 Å². The summed E-state index contributed by atoms with van der Waals surface area (Å²) >= 11 is 0. The van der Waals surface area contributed by atoms with Crippen molar-refractivity contribution in [2.75, 3.05) is 6.61 Å². The van der Waals surface area contributed by atoms with Gasteiger partial charge in [0, 0.05) is 6.07 Å². The summed E-state index contributed by atoms with van der Waals surface area (Å²) < 4.78 is 12.1. The van der Waals surface area contributed by atoms with Gasteiger partial charge in [0.25, 0.3) is 5.56 Å². The lowest BCUT2D eigenvalue weighted by Gasteiger charge is -2.09. The van der Waals surface area contributed by atoms with Crippen LogP contribution in [0, 0.1) is 6.92 Å². The van der Waals surface area contributed by atoms with Crippen LogP contribution in [0.2, 0.25) is 0 Å². The Bertz CT molecular complexity index is 967. The molecule has 0 saturated carbocycles. The minimum atomic E-state index is -0.575. The van der Waals surface area contributed by atoms with E-state index in [0.29, 0.717) is 5.75 Å². The zero-order valence-electron chi connectivity index (χ0n) is 15.0. The van der Waals surface area contributed by atoms with Crippen LogP contribution in [0.15, 0.2) is 71.5 Å². The van der Waals surface area contributed by atoms with Gasteiger partial charge in [0.05, 0.1) is 6.54 Å². The topological polar surface area (TPSA) is 70.4 Å². The van der Waals surface area contributed by atoms with E-state index >= 15 is 0 Å². The lowest BCUT2D eigenvalue weighted by atomic mass is 10.1. The summed E-state index contributed by atoms with van der Waals surface area (Å²) in [7, 11) is 0. The maximum atomic E-state index is 12.2. The second kappa shape index (κ2) is 8.80. The van der Waals surface area contributed by atoms with Crippen LogP contribution in [-0.2, 0) is 17.9 Å². The highest BCUT2D eigenvalue weighted by atomic mass is 16.5. The second-order valence-corrected chi connectivity index (χ2v) is 6.01. The Balaban J connectivity index is 1.60. The molecule has 0 fully saturated rings. The van der Waals surface area contributed by atoms with Crippen molar-refractivity contribution in [1.82, 2.24) is 9.78 Å². The van der Waals surface area contributed by atoms with Crippen LogP contribution in [0.4, 0.5) is 0 Å². The summed E-state index contributed by atoms with van der Waals surface area (Å²) in [4.78, 5) is 24.2. The minimum Gasteiger partial charge on any atom is -0.492 e. The zero-order chi connectivity index (χ0) is 19.1. The van der Waals surface area contributed by atoms with E-state index in [0.717, 1.165) is 11.1 Å². The van der Waals surface area contributed by atoms with Gasteiger partial charge < -0.3 is 9.47 Å². The van der Waals surface area contributed by atoms with Crippen molar-refractivity contribution in [2.24, 2.45) is 0 Å². The molecule has 3 aromatic rings. The van der Waals surface area contributed by atoms with Crippen molar-refractivity contribution in [2.45, 2.75) is 20.1 Å². The molecule has 0 aliphatic heterocycles. The molecule has 1 aromatic heterocycles. The highest BCUT2D eigenvalue weighted by molar-refractivity contribution is 5.86. The summed E-state index contributed by atoms with van der Waals surface area (Å²) in [6, 6.07) is 19.7. The number of aryl methyl sites for hydroxylation is 1. The fraction of sp³-hybridized carbons (Fsp3) is 0.190. The summed E-state index contributed by atoms with van der Waals surface area (Å²) in [5.41, 5.74) is 1.77. The molecule has 1 heterocycles. The molecular formula is C21H20N2O4. The molecule has 2 aromatic carbocycles. The minimum absolute atomic E-state index is 0.0852. The molecule has 0 unspecified atom stereocenters. The number of hydrogen-bond acceptors (Lipinski definition) is 5. The Labute approximate surface area is 157 Å². The monoisotopic (exact) mass is 364 g/mol. The standard InChI is InChI=1S/C21H20N2O4/c1-16-6-5-7-17(14-16)15-27-21(25)19-10-11-20(24)23(22-19)12-13-26-18-8-3-2-4-9-18/h2-11,14H,12-13,15H2,1H3. The first-order chi connectivity index (χ1) is 13.1. The zero-order valence-corrected chi connectivity index (χ0v) is 15.0. The molecule has 0 amide bonds. The lowest BCUT2D eigenvalue weighted by Crippen LogP contribution is -2.27. The van der Waals surface area contributed by atoms with Gasteiger partial charge in [0.15, 0.2) is 5.69 Å². The average Bonchev–Trinajstić information content (AvgIpc) is 2.68. The van der Waals surface area contributed by atoms with Gasteiger partial charge in [0.2, 0.25) is 0 Å². The number of aromatic nitrogens is 2. The van der Waals surface area contributed by atoms with Crippen molar-refractivity contribution >= 4 is 5.97 Å². The lowest BCUT2D eigenvalue weighted by molar-refractivity contribution is 0.0462. The van der Waals surface area contributed by atoms with Crippen LogP contribution < -0.4 is 10.3 Å². The van der Waals surface area contributed by atoms with Crippen LogP contribution in [-0.4, -0.2) is 22.4 Å². The van der Waals surface area contributed by atoms with Gasteiger partial charge >= 0.3 is 5.97 Å². The van der Waals surface area contributed by atoms with E-state index in [4.69, 9.17) is 9.47 Å². The van der Waals surface area contributed by atoms with Crippen molar-refractivity contribution < 1.29 is 14.3 Å². The van der Waals surface area contributed by atoms with Gasteiger partial charge in [0.1, 0.15) is 19.0 Å². The molecule has 3 rings (SSSR count). The number of para-hydroxylation sites is 1. The fourth-order valence-corrected chi connectivity index (χ4v) is 2.51. The number of esters is 1. The Hall–Kier alpha value is -3.41. The maximum absolute atomic E-state index is 12.2. The molecule has 0 bridgehead atoms. The van der Waals surface area contributed by atoms with Gasteiger partial charge in [-0.05, 0) is 30.7 Å². The van der Waals surface area contributed by atoms with Gasteiger partial charge in [-0.25, -0.2) is 9.48 Å². The van der Waals surface area contributed by atoms with E-state index in [9.17, 15) is 9.59 Å². The van der Waals surface area contributed by atoms with Crippen LogP contribution in [0.5, 0.6) is 5.75 Å². The number of nitrogens with zero attached hydrogens (tertiary/aromatic N) is 2. The molecular weight excluding hydrogens is 344 g/mol. The van der Waals surface area contributed by atoms with Crippen LogP contribution >= 0.6 is 0 Å². The smallest absolute Gasteiger partial charge is 0.359 e. The summed E-state index contributed by atoms with van der Waals surface area (Å²) in [6.45, 7) is 2.62. The summed E-state index contributed by atoms with van der Waals surface area (Å²) in [5.74, 6) is 0.133. The van der Waals surface area contributed by atoms with Gasteiger partial charge in [-0.15, -0.1) is 0 Å². The normalized spacial score (nSPS) is 10.4. The predicted molar refractivity (Wildman–Crippen MR) is 101 cm³/mol. The largest absolute Gasteiger partial charge is 0.492 e. The predicted octanol–water partition coefficient (Wildman–Crippen LogP) is 2.99. The highest BCUT2D eigenvalue weighted by Crippen LogP contribution is 2.08. The first-order valence-electron chi connectivity index (χ1n) is 8.60. The van der Waals surface area contributed by atoms with Crippen molar-refractivity contribution in [3.8, 4) is 5.75 Å². The SMILES string of the molecule is Cc1cccc(COC(=O)c2ccc(=O)n(CCOc3ccccc3)n2)c1. The molecule has 0 radical (unpaired) electrons. The molecule has 6 nitrogen and oxygen atoms in total. The summed E-state index contributed by atoms with van der Waals surface area (Å²) in [5, 5.41) is 4.08. The molecule has 0 aliphatic rings. The van der Waals surface area contributed by atoms with E-state index in [-0.39, 0.29) is 31.0 Å². The average molecular weight is 364 g/mol. The first-order valence-corrected chi connectivity index (χ1v) is 8.60. The van der Waals surface area contributed by atoms with E-state index in [2.05, 4.69) is 5.10 Å². The molecule has 138 valence electrons. The van der Waals surface area contributed by atoms with Crippen LogP contribution in [0.1, 0.15) is 21.6 Å². The summed E-state index contributed by atoms with van der Waals surface area (Å²) in [6.07, 6.45) is 0. The Kier molecular flexibility index (Phi) is 5.99. The molecule has 0 atom stereocenters. The Morgan fingerprint density at radius 2 is 1.85 bits per heavy atom. The third kappa shape index (κ3) is 5.28. The van der Waals surface area contributed by atoms with Crippen molar-refractivity contribution in [1.29, 1.82) is 0 Å². The molecule has 6 heteroatoms. The number of carbonyl (C=O) groups excluding carboxylic acids is 1. The number of hydrogen-bond donors (Lipinski definition) is 0. The fourth-order valence-electron chi connectivity index (χ4n) is 2.51. The molecule has 0 N–H and O–H groups in total. The molecule has 27 heavy (non-hydrogen) atoms. The van der Waals surface area contributed by atoms with Crippen LogP contribution in [0.3, 0.4) is 0 Å². The van der Waals surface area contributed by atoms with E-state index < -0.39 is 5.97 Å². The third-order valence-electron chi connectivity index (χ3n) is 3.84. The van der Waals surface area contributed by atoms with Gasteiger partial charge in [-0.2, -0.15) is 5.10 Å². The molecule has 0 saturated heterocycles. The quantitative estimate of drug-likeness (QED) is 0.603. The van der Waals surface area contributed by atoms with E-state index in [1.54, 1.807) is 0 Å². The number of ether oxygens (including phenoxy) is 2. The van der Waals surface area contributed by atoms with Crippen LogP contribution in [0.25, 0.3) is 0 Å². The third-order valence-corrected chi connectivity index (χ3v) is 3.84.